The van der Waals surface area contributed by atoms with E-state index in [0.29, 0.717) is 0 Å². The second-order valence-electron chi connectivity index (χ2n) is 32.8. The van der Waals surface area contributed by atoms with E-state index in [-0.39, 0.29) is 171 Å². The highest BCUT2D eigenvalue weighted by molar-refractivity contribution is 5.94. The fourth-order valence-corrected chi connectivity index (χ4v) is 15.3. The third-order valence-electron chi connectivity index (χ3n) is 22.5. The summed E-state index contributed by atoms with van der Waals surface area (Å²) in [5, 5.41) is 13.3. The first-order valence-corrected chi connectivity index (χ1v) is 45.8. The van der Waals surface area contributed by atoms with Gasteiger partial charge in [0.05, 0.1) is 22.3 Å². The second-order valence-corrected chi connectivity index (χ2v) is 32.8. The Morgan fingerprint density at radius 2 is 0.357 bits per heavy atom. The van der Waals surface area contributed by atoms with Crippen molar-refractivity contribution in [1.82, 2.24) is 0 Å². The van der Waals surface area contributed by atoms with Crippen LogP contribution in [0.5, 0.6) is 69.0 Å². The number of carbonyl (C=O) groups excluding carboxylic acids is 4. The van der Waals surface area contributed by atoms with E-state index in [1.165, 1.54) is 48.5 Å². The molecule has 17 rings (SSSR count). The number of carbonyl (C=O) groups is 4. The van der Waals surface area contributed by atoms with Crippen molar-refractivity contribution in [2.75, 3.05) is 6.61 Å². The molecule has 3 unspecified atom stereocenters. The quantitative estimate of drug-likeness (QED) is 0.0275. The Labute approximate surface area is 811 Å². The molecule has 0 saturated carbocycles. The zero-order valence-electron chi connectivity index (χ0n) is 76.4. The number of ether oxygens (including phenoxy) is 17. The summed E-state index contributed by atoms with van der Waals surface area (Å²) in [7, 11) is 0. The van der Waals surface area contributed by atoms with Gasteiger partial charge >= 0.3 is 23.9 Å². The van der Waals surface area contributed by atoms with Crippen LogP contribution in [0.2, 0.25) is 0 Å². The van der Waals surface area contributed by atoms with Crippen molar-refractivity contribution in [2.24, 2.45) is 0 Å². The van der Waals surface area contributed by atoms with E-state index in [2.05, 4.69) is 0 Å². The molecule has 140 heavy (non-hydrogen) atoms. The van der Waals surface area contributed by atoms with Gasteiger partial charge in [-0.15, -0.1) is 0 Å². The van der Waals surface area contributed by atoms with Crippen LogP contribution in [-0.4, -0.2) is 66.3 Å². The molecular formula is C118H100O22. The highest BCUT2D eigenvalue weighted by Gasteiger charge is 2.53. The monoisotopic (exact) mass is 1870 g/mol. The van der Waals surface area contributed by atoms with Gasteiger partial charge in [0.2, 0.25) is 23.0 Å². The Morgan fingerprint density at radius 3 is 0.543 bits per heavy atom. The first-order valence-electron chi connectivity index (χ1n) is 45.8. The van der Waals surface area contributed by atoms with E-state index in [4.69, 9.17) is 80.5 Å². The van der Waals surface area contributed by atoms with Gasteiger partial charge in [-0.2, -0.15) is 0 Å². The van der Waals surface area contributed by atoms with Gasteiger partial charge in [-0.1, -0.05) is 364 Å². The number of hydrogen-bond acceptors (Lipinski definition) is 22. The zero-order chi connectivity index (χ0) is 95.7. The van der Waals surface area contributed by atoms with Crippen molar-refractivity contribution in [1.29, 1.82) is 0 Å². The highest BCUT2D eigenvalue weighted by atomic mass is 16.7. The van der Waals surface area contributed by atoms with Crippen LogP contribution in [-0.2, 0) is 103 Å². The lowest BCUT2D eigenvalue weighted by Gasteiger charge is -2.42. The van der Waals surface area contributed by atoms with Gasteiger partial charge in [0.1, 0.15) is 92.0 Å². The van der Waals surface area contributed by atoms with Crippen LogP contribution in [0, 0.1) is 0 Å². The summed E-state index contributed by atoms with van der Waals surface area (Å²) in [5.41, 5.74) is 8.37. The molecule has 1 heterocycles. The van der Waals surface area contributed by atoms with Gasteiger partial charge in [0.15, 0.2) is 70.6 Å². The molecular weight excluding hydrogens is 1770 g/mol. The molecule has 0 radical (unpaired) electrons. The van der Waals surface area contributed by atoms with Crippen molar-refractivity contribution in [3.05, 3.63) is 502 Å². The first-order chi connectivity index (χ1) is 68.9. The fraction of sp³-hybridized carbons (Fsp3) is 0.153. The van der Waals surface area contributed by atoms with E-state index in [9.17, 15) is 5.11 Å². The maximum absolute atomic E-state index is 16.6. The third-order valence-corrected chi connectivity index (χ3v) is 22.5. The number of benzene rings is 16. The molecule has 0 bridgehead atoms. The summed E-state index contributed by atoms with van der Waals surface area (Å²) in [6.07, 6.45) is -10.8. The number of hydrogen-bond donors (Lipinski definition) is 1. The normalized spacial score (nSPS) is 14.1. The van der Waals surface area contributed by atoms with Crippen molar-refractivity contribution >= 4 is 23.9 Å². The maximum atomic E-state index is 16.6. The van der Waals surface area contributed by atoms with Crippen LogP contribution in [0.3, 0.4) is 0 Å². The largest absolute Gasteiger partial charge is 0.485 e. The second kappa shape index (κ2) is 48.4. The fourth-order valence-electron chi connectivity index (χ4n) is 15.3. The van der Waals surface area contributed by atoms with Gasteiger partial charge in [-0.3, -0.25) is 0 Å². The lowest BCUT2D eigenvalue weighted by molar-refractivity contribution is -0.284. The standard InChI is InChI=1S/C118H100O22/c119-114(94-61-98(124-69-82-37-13-1-14-38-82)107(132-77-90-53-29-9-30-54-90)99(62-94)125-70-83-39-15-2-16-40-83)136-81-106-111(138-115(120)95-63-100(126-71-84-41-17-3-18-42-84)108(133-78-91-55-31-10-32-56-91)101(64-95)127-72-85-43-19-4-20-44-85)112(139-116(121)96-65-102(128-73-86-45-21-5-22-46-86)109(134-79-92-57-33-11-34-58-92)103(66-96)129-74-87-47-23-6-24-48-87)113(118(123)137-106)140-117(122)97-67-104(130-75-88-49-25-7-26-50-88)110(135-80-93-59-35-12-36-60-93)105(68-97)131-76-89-51-27-8-28-52-89/h1-68,106,111-113,118,123H,69-81H2/t106?,111?,112-,113-,118?/m0/s1. The molecule has 5 atom stereocenters. The van der Waals surface area contributed by atoms with Crippen molar-refractivity contribution in [3.63, 3.8) is 0 Å². The minimum absolute atomic E-state index is 0.00764. The molecule has 1 aliphatic rings. The van der Waals surface area contributed by atoms with Crippen molar-refractivity contribution in [3.8, 4) is 69.0 Å². The number of esters is 4. The van der Waals surface area contributed by atoms with Crippen LogP contribution in [0.1, 0.15) is 108 Å². The van der Waals surface area contributed by atoms with Gasteiger partial charge < -0.3 is 85.6 Å². The maximum Gasteiger partial charge on any atom is 0.339 e. The number of aliphatic hydroxyl groups is 1. The minimum Gasteiger partial charge on any atom is -0.485 e. The van der Waals surface area contributed by atoms with E-state index >= 15 is 19.2 Å². The Bertz CT molecular complexity index is 6410. The van der Waals surface area contributed by atoms with Crippen LogP contribution in [0.4, 0.5) is 0 Å². The van der Waals surface area contributed by atoms with Gasteiger partial charge in [0.25, 0.3) is 0 Å². The van der Waals surface area contributed by atoms with Crippen LogP contribution in [0.25, 0.3) is 0 Å². The third kappa shape index (κ3) is 26.6. The average molecular weight is 1870 g/mol. The van der Waals surface area contributed by atoms with Crippen molar-refractivity contribution in [2.45, 2.75) is 110 Å². The van der Waals surface area contributed by atoms with Crippen LogP contribution < -0.4 is 56.8 Å². The predicted octanol–water partition coefficient (Wildman–Crippen LogP) is 23.2. The SMILES string of the molecule is O=C(OCC1OC(O)[C@@H](OC(=O)c2cc(OCc3ccccc3)c(OCc3ccccc3)c(OCc3ccccc3)c2)[C@@H](OC(=O)c2cc(OCc3ccccc3)c(OCc3ccccc3)c(OCc3ccccc3)c2)C1OC(=O)c1cc(OCc2ccccc2)c(OCc2ccccc2)c(OCc2ccccc2)c1)c1cc(OCc2ccccc2)c(OCc2ccccc2)c(OCc2ccccc2)c1. The Morgan fingerprint density at radius 1 is 0.200 bits per heavy atom. The summed E-state index contributed by atoms with van der Waals surface area (Å²) < 4.78 is 114. The lowest BCUT2D eigenvalue weighted by atomic mass is 9.97. The molecule has 1 fully saturated rings. The molecule has 22 nitrogen and oxygen atoms in total. The van der Waals surface area contributed by atoms with Crippen molar-refractivity contribution < 1.29 is 105 Å². The molecule has 0 aliphatic carbocycles. The Balaban J connectivity index is 0.818. The molecule has 704 valence electrons. The van der Waals surface area contributed by atoms with Gasteiger partial charge in [0, 0.05) is 0 Å². The molecule has 1 saturated heterocycles. The molecule has 1 N–H and O–H groups in total. The van der Waals surface area contributed by atoms with E-state index in [0.717, 1.165) is 66.8 Å². The molecule has 16 aromatic carbocycles. The number of rotatable bonds is 45. The molecule has 1 aliphatic heterocycles. The van der Waals surface area contributed by atoms with E-state index in [1.54, 1.807) is 0 Å². The van der Waals surface area contributed by atoms with Gasteiger partial charge in [-0.25, -0.2) is 19.2 Å². The highest BCUT2D eigenvalue weighted by Crippen LogP contribution is 2.47. The number of aliphatic hydroxyl groups excluding tert-OH is 1. The Hall–Kier alpha value is -17.1. The molecule has 0 spiro atoms. The zero-order valence-corrected chi connectivity index (χ0v) is 76.4. The van der Waals surface area contributed by atoms with E-state index in [1.807, 2.05) is 364 Å². The average Bonchev–Trinajstić information content (AvgIpc) is 0.769. The summed E-state index contributed by atoms with van der Waals surface area (Å²) in [4.78, 5) is 65.1. The van der Waals surface area contributed by atoms with Gasteiger partial charge in [-0.05, 0) is 115 Å². The molecule has 0 aromatic heterocycles. The summed E-state index contributed by atoms with van der Waals surface area (Å²) >= 11 is 0. The lowest BCUT2D eigenvalue weighted by Crippen LogP contribution is -2.62. The molecule has 0 amide bonds. The Kier molecular flexibility index (Phi) is 32.7. The summed E-state index contributed by atoms with van der Waals surface area (Å²) in [6.45, 7) is -1.05. The van der Waals surface area contributed by atoms with Crippen LogP contribution >= 0.6 is 0 Å². The summed E-state index contributed by atoms with van der Waals surface area (Å²) in [5.74, 6) is -3.81. The molecule has 22 heteroatoms. The van der Waals surface area contributed by atoms with Crippen LogP contribution in [0.15, 0.2) is 413 Å². The smallest absolute Gasteiger partial charge is 0.339 e. The minimum atomic E-state index is -2.37. The topological polar surface area (TPSA) is 245 Å². The predicted molar refractivity (Wildman–Crippen MR) is 524 cm³/mol. The first kappa shape index (κ1) is 94.7. The molecule has 16 aromatic rings. The summed E-state index contributed by atoms with van der Waals surface area (Å²) in [6, 6.07) is 124. The van der Waals surface area contributed by atoms with E-state index < -0.39 is 61.2 Å².